The van der Waals surface area contributed by atoms with Crippen molar-refractivity contribution >= 4 is 5.95 Å². The van der Waals surface area contributed by atoms with Crippen molar-refractivity contribution in [3.8, 4) is 0 Å². The summed E-state index contributed by atoms with van der Waals surface area (Å²) in [5.74, 6) is 2.14. The van der Waals surface area contributed by atoms with Gasteiger partial charge in [0.05, 0.1) is 0 Å². The standard InChI is InChI=1S/C16H22N6O/c1-11-5-8-17-15(18-11)21-9-6-12(7-10-21)14-19-20(2)16(23)22(14)13-3-4-13/h5,8,12-13H,3-4,6-7,9-10H2,1-2H3. The minimum Gasteiger partial charge on any atom is -0.341 e. The lowest BCUT2D eigenvalue weighted by Gasteiger charge is -2.31. The molecule has 1 saturated carbocycles. The largest absolute Gasteiger partial charge is 0.345 e. The van der Waals surface area contributed by atoms with Crippen LogP contribution in [0.5, 0.6) is 0 Å². The maximum atomic E-state index is 12.3. The second kappa shape index (κ2) is 5.47. The van der Waals surface area contributed by atoms with Gasteiger partial charge in [-0.15, -0.1) is 0 Å². The summed E-state index contributed by atoms with van der Waals surface area (Å²) in [4.78, 5) is 23.4. The Morgan fingerprint density at radius 3 is 2.57 bits per heavy atom. The Labute approximate surface area is 135 Å². The summed E-state index contributed by atoms with van der Waals surface area (Å²) in [6, 6.07) is 2.29. The molecule has 7 nitrogen and oxygen atoms in total. The van der Waals surface area contributed by atoms with Crippen LogP contribution < -0.4 is 10.6 Å². The molecule has 0 N–H and O–H groups in total. The SMILES string of the molecule is Cc1ccnc(N2CCC(c3nn(C)c(=O)n3C3CC3)CC2)n1. The lowest BCUT2D eigenvalue weighted by Crippen LogP contribution is -2.35. The molecule has 2 aromatic rings. The van der Waals surface area contributed by atoms with Gasteiger partial charge in [0.15, 0.2) is 0 Å². The normalized spacial score (nSPS) is 19.3. The number of piperidine rings is 1. The molecule has 0 spiro atoms. The predicted octanol–water partition coefficient (Wildman–Crippen LogP) is 1.40. The van der Waals surface area contributed by atoms with Crippen molar-refractivity contribution in [2.24, 2.45) is 7.05 Å². The maximum Gasteiger partial charge on any atom is 0.345 e. The van der Waals surface area contributed by atoms with Crippen LogP contribution >= 0.6 is 0 Å². The van der Waals surface area contributed by atoms with E-state index in [1.807, 2.05) is 23.8 Å². The van der Waals surface area contributed by atoms with Crippen molar-refractivity contribution < 1.29 is 0 Å². The Morgan fingerprint density at radius 2 is 1.91 bits per heavy atom. The molecular weight excluding hydrogens is 292 g/mol. The molecule has 2 aromatic heterocycles. The van der Waals surface area contributed by atoms with Crippen molar-refractivity contribution in [1.29, 1.82) is 0 Å². The van der Waals surface area contributed by atoms with Crippen LogP contribution in [-0.4, -0.2) is 37.4 Å². The number of anilines is 1. The molecule has 0 aromatic carbocycles. The van der Waals surface area contributed by atoms with Gasteiger partial charge in [0.25, 0.3) is 0 Å². The molecule has 2 aliphatic rings. The number of aryl methyl sites for hydroxylation is 2. The molecule has 0 radical (unpaired) electrons. The third-order valence-electron chi connectivity index (χ3n) is 4.82. The van der Waals surface area contributed by atoms with Gasteiger partial charge in [-0.05, 0) is 38.7 Å². The monoisotopic (exact) mass is 314 g/mol. The predicted molar refractivity (Wildman–Crippen MR) is 86.7 cm³/mol. The van der Waals surface area contributed by atoms with Gasteiger partial charge in [-0.1, -0.05) is 0 Å². The summed E-state index contributed by atoms with van der Waals surface area (Å²) >= 11 is 0. The Kier molecular flexibility index (Phi) is 3.43. The minimum atomic E-state index is 0.0342. The zero-order valence-electron chi connectivity index (χ0n) is 13.6. The number of hydrogen-bond donors (Lipinski definition) is 0. The summed E-state index contributed by atoms with van der Waals surface area (Å²) in [6.45, 7) is 3.80. The van der Waals surface area contributed by atoms with Crippen LogP contribution in [-0.2, 0) is 7.05 Å². The van der Waals surface area contributed by atoms with E-state index in [-0.39, 0.29) is 5.69 Å². The number of rotatable bonds is 3. The Balaban J connectivity index is 1.52. The topological polar surface area (TPSA) is 68.8 Å². The molecule has 3 heterocycles. The highest BCUT2D eigenvalue weighted by Crippen LogP contribution is 2.37. The number of aromatic nitrogens is 5. The van der Waals surface area contributed by atoms with E-state index in [1.54, 1.807) is 7.05 Å². The van der Waals surface area contributed by atoms with Crippen molar-refractivity contribution in [2.45, 2.75) is 44.6 Å². The molecule has 4 rings (SSSR count). The zero-order chi connectivity index (χ0) is 16.0. The number of hydrogen-bond acceptors (Lipinski definition) is 5. The maximum absolute atomic E-state index is 12.3. The van der Waals surface area contributed by atoms with Crippen LogP contribution in [0, 0.1) is 6.92 Å². The molecule has 0 unspecified atom stereocenters. The van der Waals surface area contributed by atoms with Crippen LogP contribution in [0.4, 0.5) is 5.95 Å². The number of nitrogens with zero attached hydrogens (tertiary/aromatic N) is 6. The highest BCUT2D eigenvalue weighted by atomic mass is 16.2. The lowest BCUT2D eigenvalue weighted by molar-refractivity contribution is 0.458. The molecule has 0 atom stereocenters. The van der Waals surface area contributed by atoms with Gasteiger partial charge in [-0.25, -0.2) is 19.4 Å². The first kappa shape index (κ1) is 14.4. The highest BCUT2D eigenvalue weighted by Gasteiger charge is 2.33. The average Bonchev–Trinajstić information content (AvgIpc) is 3.34. The van der Waals surface area contributed by atoms with E-state index in [9.17, 15) is 4.79 Å². The Morgan fingerprint density at radius 1 is 1.17 bits per heavy atom. The molecule has 0 bridgehead atoms. The van der Waals surface area contributed by atoms with Crippen molar-refractivity contribution in [3.05, 3.63) is 34.3 Å². The molecule has 1 saturated heterocycles. The van der Waals surface area contributed by atoms with Crippen LogP contribution in [0.25, 0.3) is 0 Å². The Hall–Kier alpha value is -2.18. The van der Waals surface area contributed by atoms with Gasteiger partial charge in [0.2, 0.25) is 5.95 Å². The summed E-state index contributed by atoms with van der Waals surface area (Å²) in [7, 11) is 1.75. The first-order chi connectivity index (χ1) is 11.1. The van der Waals surface area contributed by atoms with E-state index in [0.29, 0.717) is 12.0 Å². The van der Waals surface area contributed by atoms with Crippen LogP contribution in [0.3, 0.4) is 0 Å². The summed E-state index contributed by atoms with van der Waals surface area (Å²) in [6.07, 6.45) is 6.00. The molecular formula is C16H22N6O. The smallest absolute Gasteiger partial charge is 0.341 e. The summed E-state index contributed by atoms with van der Waals surface area (Å²) in [5.41, 5.74) is 1.02. The van der Waals surface area contributed by atoms with E-state index in [1.165, 1.54) is 4.68 Å². The molecule has 7 heteroatoms. The van der Waals surface area contributed by atoms with Gasteiger partial charge in [0.1, 0.15) is 5.82 Å². The molecule has 122 valence electrons. The fraction of sp³-hybridized carbons (Fsp3) is 0.625. The van der Waals surface area contributed by atoms with Gasteiger partial charge < -0.3 is 4.90 Å². The quantitative estimate of drug-likeness (QED) is 0.856. The van der Waals surface area contributed by atoms with Crippen LogP contribution in [0.2, 0.25) is 0 Å². The first-order valence-corrected chi connectivity index (χ1v) is 8.33. The van der Waals surface area contributed by atoms with Gasteiger partial charge in [0, 0.05) is 44.0 Å². The second-order valence-electron chi connectivity index (χ2n) is 6.62. The van der Waals surface area contributed by atoms with Crippen molar-refractivity contribution in [1.82, 2.24) is 24.3 Å². The second-order valence-corrected chi connectivity index (χ2v) is 6.62. The molecule has 0 amide bonds. The summed E-state index contributed by atoms with van der Waals surface area (Å²) < 4.78 is 3.42. The highest BCUT2D eigenvalue weighted by molar-refractivity contribution is 5.31. The van der Waals surface area contributed by atoms with Crippen molar-refractivity contribution in [2.75, 3.05) is 18.0 Å². The summed E-state index contributed by atoms with van der Waals surface area (Å²) in [5, 5.41) is 4.52. The fourth-order valence-electron chi connectivity index (χ4n) is 3.38. The molecule has 23 heavy (non-hydrogen) atoms. The Bertz CT molecular complexity index is 767. The van der Waals surface area contributed by atoms with E-state index in [4.69, 9.17) is 0 Å². The third-order valence-corrected chi connectivity index (χ3v) is 4.82. The van der Waals surface area contributed by atoms with Crippen LogP contribution in [0.15, 0.2) is 17.1 Å². The van der Waals surface area contributed by atoms with E-state index < -0.39 is 0 Å². The molecule has 2 fully saturated rings. The van der Waals surface area contributed by atoms with Gasteiger partial charge >= 0.3 is 5.69 Å². The third kappa shape index (κ3) is 2.64. The fourth-order valence-corrected chi connectivity index (χ4v) is 3.38. The average molecular weight is 314 g/mol. The van der Waals surface area contributed by atoms with Crippen molar-refractivity contribution in [3.63, 3.8) is 0 Å². The van der Waals surface area contributed by atoms with E-state index in [0.717, 1.165) is 56.2 Å². The van der Waals surface area contributed by atoms with Gasteiger partial charge in [-0.3, -0.25) is 4.57 Å². The molecule has 1 aliphatic carbocycles. The van der Waals surface area contributed by atoms with Crippen LogP contribution in [0.1, 0.15) is 49.2 Å². The zero-order valence-corrected chi connectivity index (χ0v) is 13.6. The van der Waals surface area contributed by atoms with E-state index in [2.05, 4.69) is 20.0 Å². The lowest BCUT2D eigenvalue weighted by atomic mass is 9.96. The first-order valence-electron chi connectivity index (χ1n) is 8.33. The molecule has 1 aliphatic heterocycles. The minimum absolute atomic E-state index is 0.0342. The van der Waals surface area contributed by atoms with E-state index >= 15 is 0 Å². The van der Waals surface area contributed by atoms with Gasteiger partial charge in [-0.2, -0.15) is 5.10 Å².